The minimum atomic E-state index is 0.195. The smallest absolute Gasteiger partial charge is 0.140 e. The molecule has 3 aromatic heterocycles. The average molecular weight is 320 g/mol. The van der Waals surface area contributed by atoms with E-state index in [4.69, 9.17) is 17.3 Å². The summed E-state index contributed by atoms with van der Waals surface area (Å²) in [4.78, 5) is 5.76. The topological polar surface area (TPSA) is 43.8 Å². The van der Waals surface area contributed by atoms with E-state index >= 15 is 0 Å². The molecule has 110 valence electrons. The molecule has 0 aliphatic carbocycles. The highest BCUT2D eigenvalue weighted by Crippen LogP contribution is 2.26. The fourth-order valence-corrected chi connectivity index (χ4v) is 3.60. The van der Waals surface area contributed by atoms with Crippen LogP contribution in [0.1, 0.15) is 23.8 Å². The van der Waals surface area contributed by atoms with E-state index in [1.54, 1.807) is 11.3 Å². The molecule has 3 nitrogen and oxygen atoms in total. The summed E-state index contributed by atoms with van der Waals surface area (Å²) >= 11 is 7.63. The lowest BCUT2D eigenvalue weighted by molar-refractivity contribution is 0.646. The molecular formula is C16H18ClN3S. The zero-order chi connectivity index (χ0) is 14.8. The van der Waals surface area contributed by atoms with Gasteiger partial charge >= 0.3 is 0 Å². The lowest BCUT2D eigenvalue weighted by Gasteiger charge is -2.06. The molecule has 0 saturated heterocycles. The minimum absolute atomic E-state index is 0.195. The van der Waals surface area contributed by atoms with Gasteiger partial charge in [0.05, 0.1) is 10.9 Å². The fourth-order valence-electron chi connectivity index (χ4n) is 2.51. The molecule has 0 amide bonds. The van der Waals surface area contributed by atoms with Crippen molar-refractivity contribution in [3.8, 4) is 0 Å². The molecule has 0 saturated carbocycles. The van der Waals surface area contributed by atoms with Crippen molar-refractivity contribution >= 4 is 34.0 Å². The SMILES string of the molecule is CCC(N)Cc1cn(Cc2ccc(Cl)s2)c2ncccc12. The van der Waals surface area contributed by atoms with Crippen LogP contribution in [0.3, 0.4) is 0 Å². The number of nitrogens with two attached hydrogens (primary N) is 1. The van der Waals surface area contributed by atoms with Gasteiger partial charge in [-0.15, -0.1) is 11.3 Å². The molecule has 0 radical (unpaired) electrons. The third-order valence-corrected chi connectivity index (χ3v) is 4.89. The van der Waals surface area contributed by atoms with E-state index in [0.717, 1.165) is 29.4 Å². The molecule has 0 aromatic carbocycles. The standard InChI is InChI=1S/C16H18ClN3S/c1-2-12(18)8-11-9-20(10-13-5-6-15(17)21-13)16-14(11)4-3-7-19-16/h3-7,9,12H,2,8,10,18H2,1H3. The van der Waals surface area contributed by atoms with Gasteiger partial charge in [0.2, 0.25) is 0 Å². The highest BCUT2D eigenvalue weighted by atomic mass is 35.5. The highest BCUT2D eigenvalue weighted by Gasteiger charge is 2.12. The molecule has 1 unspecified atom stereocenters. The second-order valence-corrected chi connectivity index (χ2v) is 7.03. The molecule has 21 heavy (non-hydrogen) atoms. The third-order valence-electron chi connectivity index (χ3n) is 3.68. The van der Waals surface area contributed by atoms with Gasteiger partial charge in [-0.25, -0.2) is 4.98 Å². The molecule has 0 spiro atoms. The Balaban J connectivity index is 1.98. The second kappa shape index (κ2) is 6.18. The maximum atomic E-state index is 6.12. The Kier molecular flexibility index (Phi) is 4.29. The molecule has 0 aliphatic rings. The summed E-state index contributed by atoms with van der Waals surface area (Å²) in [6.45, 7) is 2.92. The van der Waals surface area contributed by atoms with Gasteiger partial charge in [0.25, 0.3) is 0 Å². The maximum Gasteiger partial charge on any atom is 0.140 e. The molecule has 3 aromatic rings. The van der Waals surface area contributed by atoms with Crippen molar-refractivity contribution in [2.24, 2.45) is 5.73 Å². The monoisotopic (exact) mass is 319 g/mol. The van der Waals surface area contributed by atoms with E-state index < -0.39 is 0 Å². The molecule has 3 rings (SSSR count). The van der Waals surface area contributed by atoms with Gasteiger partial charge in [-0.2, -0.15) is 0 Å². The molecule has 5 heteroatoms. The lowest BCUT2D eigenvalue weighted by atomic mass is 10.1. The quantitative estimate of drug-likeness (QED) is 0.770. The predicted molar refractivity (Wildman–Crippen MR) is 90.1 cm³/mol. The van der Waals surface area contributed by atoms with Crippen molar-refractivity contribution in [2.45, 2.75) is 32.4 Å². The van der Waals surface area contributed by atoms with Crippen LogP contribution in [-0.4, -0.2) is 15.6 Å². The van der Waals surface area contributed by atoms with E-state index in [9.17, 15) is 0 Å². The first-order valence-corrected chi connectivity index (χ1v) is 8.29. The van der Waals surface area contributed by atoms with Crippen LogP contribution in [-0.2, 0) is 13.0 Å². The normalized spacial score (nSPS) is 12.9. The summed E-state index contributed by atoms with van der Waals surface area (Å²) in [6.07, 6.45) is 5.88. The molecule has 3 heterocycles. The Hall–Kier alpha value is -1.36. The number of rotatable bonds is 5. The Morgan fingerprint density at radius 3 is 2.95 bits per heavy atom. The summed E-state index contributed by atoms with van der Waals surface area (Å²) in [5.41, 5.74) is 8.40. The van der Waals surface area contributed by atoms with E-state index in [1.807, 2.05) is 18.3 Å². The molecule has 0 bridgehead atoms. The van der Waals surface area contributed by atoms with Crippen LogP contribution in [0.5, 0.6) is 0 Å². The number of halogens is 1. The summed E-state index contributed by atoms with van der Waals surface area (Å²) in [7, 11) is 0. The Labute approximate surface area is 133 Å². The highest BCUT2D eigenvalue weighted by molar-refractivity contribution is 7.16. The number of hydrogen-bond acceptors (Lipinski definition) is 3. The van der Waals surface area contributed by atoms with Crippen LogP contribution in [0.15, 0.2) is 36.7 Å². The molecule has 1 atom stereocenters. The van der Waals surface area contributed by atoms with Crippen LogP contribution in [0.2, 0.25) is 4.34 Å². The van der Waals surface area contributed by atoms with Gasteiger partial charge in [0.15, 0.2) is 0 Å². The minimum Gasteiger partial charge on any atom is -0.327 e. The number of thiophene rings is 1. The van der Waals surface area contributed by atoms with E-state index in [2.05, 4.69) is 34.8 Å². The van der Waals surface area contributed by atoms with E-state index in [-0.39, 0.29) is 6.04 Å². The van der Waals surface area contributed by atoms with Gasteiger partial charge in [0.1, 0.15) is 5.65 Å². The summed E-state index contributed by atoms with van der Waals surface area (Å²) in [5, 5.41) is 1.20. The van der Waals surface area contributed by atoms with Gasteiger partial charge in [-0.1, -0.05) is 18.5 Å². The number of hydrogen-bond donors (Lipinski definition) is 1. The van der Waals surface area contributed by atoms with E-state index in [0.29, 0.717) is 0 Å². The largest absolute Gasteiger partial charge is 0.327 e. The Bertz CT molecular complexity index is 747. The van der Waals surface area contributed by atoms with Crippen molar-refractivity contribution in [3.63, 3.8) is 0 Å². The Morgan fingerprint density at radius 1 is 1.38 bits per heavy atom. The zero-order valence-corrected chi connectivity index (χ0v) is 13.5. The predicted octanol–water partition coefficient (Wildman–Crippen LogP) is 4.08. The van der Waals surface area contributed by atoms with Crippen LogP contribution >= 0.6 is 22.9 Å². The first-order chi connectivity index (χ1) is 10.2. The van der Waals surface area contributed by atoms with Crippen LogP contribution < -0.4 is 5.73 Å². The summed E-state index contributed by atoms with van der Waals surface area (Å²) < 4.78 is 3.01. The second-order valence-electron chi connectivity index (χ2n) is 5.24. The van der Waals surface area contributed by atoms with Crippen molar-refractivity contribution in [3.05, 3.63) is 51.4 Å². The van der Waals surface area contributed by atoms with Crippen LogP contribution in [0, 0.1) is 0 Å². The first kappa shape index (κ1) is 14.6. The number of fused-ring (bicyclic) bond motifs is 1. The number of aromatic nitrogens is 2. The van der Waals surface area contributed by atoms with Gasteiger partial charge in [-0.3, -0.25) is 0 Å². The molecule has 2 N–H and O–H groups in total. The average Bonchev–Trinajstić information content (AvgIpc) is 3.04. The maximum absolute atomic E-state index is 6.12. The summed E-state index contributed by atoms with van der Waals surface area (Å²) in [5.74, 6) is 0. The number of nitrogens with zero attached hydrogens (tertiary/aromatic N) is 2. The molecular weight excluding hydrogens is 302 g/mol. The fraction of sp³-hybridized carbons (Fsp3) is 0.312. The summed E-state index contributed by atoms with van der Waals surface area (Å²) in [6, 6.07) is 8.31. The van der Waals surface area contributed by atoms with Crippen molar-refractivity contribution in [1.29, 1.82) is 0 Å². The Morgan fingerprint density at radius 2 is 2.24 bits per heavy atom. The first-order valence-electron chi connectivity index (χ1n) is 7.10. The molecule has 0 aliphatic heterocycles. The van der Waals surface area contributed by atoms with Crippen molar-refractivity contribution in [1.82, 2.24) is 9.55 Å². The number of pyridine rings is 1. The van der Waals surface area contributed by atoms with Crippen molar-refractivity contribution < 1.29 is 0 Å². The van der Waals surface area contributed by atoms with Crippen molar-refractivity contribution in [2.75, 3.05) is 0 Å². The van der Waals surface area contributed by atoms with Crippen LogP contribution in [0.4, 0.5) is 0 Å². The van der Waals surface area contributed by atoms with E-state index in [1.165, 1.54) is 15.8 Å². The van der Waals surface area contributed by atoms with Crippen LogP contribution in [0.25, 0.3) is 11.0 Å². The lowest BCUT2D eigenvalue weighted by Crippen LogP contribution is -2.21. The zero-order valence-electron chi connectivity index (χ0n) is 11.9. The third kappa shape index (κ3) is 3.12. The molecule has 0 fully saturated rings. The van der Waals surface area contributed by atoms with Gasteiger partial charge in [-0.05, 0) is 42.7 Å². The van der Waals surface area contributed by atoms with Gasteiger partial charge < -0.3 is 10.3 Å². The van der Waals surface area contributed by atoms with Gasteiger partial charge in [0, 0.05) is 28.7 Å².